The number of carbonyl (C=O) groups excluding carboxylic acids is 1. The number of thiocarbonyl (C=S) groups is 1. The second-order valence-electron chi connectivity index (χ2n) is 6.08. The molecule has 1 aliphatic rings. The van der Waals surface area contributed by atoms with Crippen LogP contribution in [0.2, 0.25) is 0 Å². The predicted molar refractivity (Wildman–Crippen MR) is 119 cm³/mol. The van der Waals surface area contributed by atoms with Crippen LogP contribution in [0.15, 0.2) is 59.6 Å². The fourth-order valence-corrected chi connectivity index (χ4v) is 3.96. The van der Waals surface area contributed by atoms with Gasteiger partial charge in [-0.05, 0) is 36.4 Å². The van der Waals surface area contributed by atoms with Crippen LogP contribution in [0.25, 0.3) is 23.0 Å². The van der Waals surface area contributed by atoms with Gasteiger partial charge in [-0.15, -0.1) is 0 Å². The molecule has 2 N–H and O–H groups in total. The van der Waals surface area contributed by atoms with Crippen LogP contribution in [0.5, 0.6) is 5.75 Å². The number of amides is 1. The second-order valence-corrected chi connectivity index (χ2v) is 7.80. The summed E-state index contributed by atoms with van der Waals surface area (Å²) in [4.78, 5) is 12.6. The number of hydrogen-bond acceptors (Lipinski definition) is 7. The number of thioether (sulfide) groups is 1. The Labute approximate surface area is 176 Å². The molecule has 1 fully saturated rings. The van der Waals surface area contributed by atoms with E-state index < -0.39 is 0 Å². The van der Waals surface area contributed by atoms with E-state index in [1.165, 1.54) is 18.9 Å². The Bertz CT molecular complexity index is 1130. The van der Waals surface area contributed by atoms with Crippen LogP contribution in [0.1, 0.15) is 5.56 Å². The Hall–Kier alpha value is -3.14. The fourth-order valence-electron chi connectivity index (χ4n) is 2.93. The third-order valence-electron chi connectivity index (χ3n) is 4.27. The van der Waals surface area contributed by atoms with Gasteiger partial charge in [-0.1, -0.05) is 42.2 Å². The molecule has 146 valence electrons. The summed E-state index contributed by atoms with van der Waals surface area (Å²) in [6, 6.07) is 14.8. The zero-order chi connectivity index (χ0) is 20.4. The third-order valence-corrected chi connectivity index (χ3v) is 5.44. The summed E-state index contributed by atoms with van der Waals surface area (Å²) in [5.74, 6) is 0.192. The molecule has 1 aromatic heterocycles. The fraction of sp³-hybridized carbons (Fsp3) is 0.0500. The van der Waals surface area contributed by atoms with Crippen molar-refractivity contribution in [2.75, 3.05) is 12.6 Å². The van der Waals surface area contributed by atoms with Crippen LogP contribution in [-0.2, 0) is 4.79 Å². The number of anilines is 1. The Balaban J connectivity index is 1.86. The van der Waals surface area contributed by atoms with Gasteiger partial charge in [0.2, 0.25) is 0 Å². The molecular formula is C20H15N4O3S2-. The van der Waals surface area contributed by atoms with Crippen molar-refractivity contribution in [1.29, 1.82) is 0 Å². The minimum atomic E-state index is -0.241. The van der Waals surface area contributed by atoms with Crippen LogP contribution < -0.4 is 15.5 Å². The van der Waals surface area contributed by atoms with E-state index in [-0.39, 0.29) is 5.91 Å². The summed E-state index contributed by atoms with van der Waals surface area (Å²) in [5.41, 5.74) is 5.10. The van der Waals surface area contributed by atoms with Gasteiger partial charge in [-0.25, -0.2) is 4.68 Å². The minimum absolute atomic E-state index is 0.241. The van der Waals surface area contributed by atoms with E-state index in [0.717, 1.165) is 11.3 Å². The summed E-state index contributed by atoms with van der Waals surface area (Å²) in [6.07, 6.45) is 3.58. The van der Waals surface area contributed by atoms with Gasteiger partial charge in [0.15, 0.2) is 0 Å². The first-order valence-electron chi connectivity index (χ1n) is 8.55. The third kappa shape index (κ3) is 3.88. The number of methoxy groups -OCH3 is 1. The van der Waals surface area contributed by atoms with E-state index in [9.17, 15) is 10.0 Å². The number of benzene rings is 2. The molecule has 0 bridgehead atoms. The van der Waals surface area contributed by atoms with Crippen molar-refractivity contribution in [1.82, 2.24) is 15.1 Å². The first-order valence-corrected chi connectivity index (χ1v) is 9.78. The van der Waals surface area contributed by atoms with E-state index >= 15 is 0 Å². The van der Waals surface area contributed by atoms with Crippen LogP contribution >= 0.6 is 24.0 Å². The summed E-state index contributed by atoms with van der Waals surface area (Å²) >= 11 is 6.27. The first-order chi connectivity index (χ1) is 14.1. The molecule has 0 saturated carbocycles. The average Bonchev–Trinajstić information content (AvgIpc) is 3.31. The van der Waals surface area contributed by atoms with E-state index in [1.54, 1.807) is 22.9 Å². The zero-order valence-corrected chi connectivity index (χ0v) is 16.8. The molecule has 1 amide bonds. The molecule has 1 saturated heterocycles. The number of ether oxygens (including phenoxy) is 1. The highest BCUT2D eigenvalue weighted by Gasteiger charge is 2.23. The van der Waals surface area contributed by atoms with Gasteiger partial charge < -0.3 is 20.7 Å². The van der Waals surface area contributed by atoms with Gasteiger partial charge >= 0.3 is 0 Å². The maximum Gasteiger partial charge on any atom is 0.263 e. The lowest BCUT2D eigenvalue weighted by Gasteiger charge is -2.15. The van der Waals surface area contributed by atoms with Crippen LogP contribution in [0.3, 0.4) is 0 Å². The number of hydrogen-bond donors (Lipinski definition) is 2. The highest BCUT2D eigenvalue weighted by Crippen LogP contribution is 2.34. The van der Waals surface area contributed by atoms with Crippen LogP contribution in [0, 0.1) is 5.21 Å². The van der Waals surface area contributed by atoms with E-state index in [0.29, 0.717) is 31.9 Å². The molecular weight excluding hydrogens is 408 g/mol. The van der Waals surface area contributed by atoms with E-state index in [1.807, 2.05) is 48.1 Å². The van der Waals surface area contributed by atoms with Crippen molar-refractivity contribution >= 4 is 46.0 Å². The zero-order valence-electron chi connectivity index (χ0n) is 15.2. The number of nitrogens with zero attached hydrogens (tertiary/aromatic N) is 2. The maximum absolute atomic E-state index is 12.1. The molecule has 0 aliphatic carbocycles. The molecule has 9 heteroatoms. The highest BCUT2D eigenvalue weighted by atomic mass is 32.2. The lowest BCUT2D eigenvalue weighted by atomic mass is 10.1. The monoisotopic (exact) mass is 423 g/mol. The van der Waals surface area contributed by atoms with Crippen molar-refractivity contribution in [3.05, 3.63) is 70.4 Å². The molecule has 2 heterocycles. The number of para-hydroxylation sites is 1. The first kappa shape index (κ1) is 19.2. The van der Waals surface area contributed by atoms with Crippen molar-refractivity contribution < 1.29 is 9.53 Å². The van der Waals surface area contributed by atoms with Crippen molar-refractivity contribution in [3.63, 3.8) is 0 Å². The smallest absolute Gasteiger partial charge is 0.263 e. The molecule has 1 aliphatic heterocycles. The topological polar surface area (TPSA) is 91.2 Å². The normalized spacial score (nSPS) is 14.9. The Morgan fingerprint density at radius 2 is 2.07 bits per heavy atom. The lowest BCUT2D eigenvalue weighted by Crippen LogP contribution is -2.17. The Kier molecular flexibility index (Phi) is 5.34. The standard InChI is InChI=1S/C20H15N4O3S2/c1-27-16-8-7-12(9-15(16)23-26)18-13(10-17-19(25)21-20(28)29-17)11-24(22-18)14-5-3-2-4-6-14/h2-11,23H,1H3,(H,21,25,28)/q-1/b17-10-. The second kappa shape index (κ2) is 8.08. The molecule has 7 nitrogen and oxygen atoms in total. The lowest BCUT2D eigenvalue weighted by molar-refractivity contribution is -0.115. The van der Waals surface area contributed by atoms with Crippen LogP contribution in [-0.4, -0.2) is 27.1 Å². The average molecular weight is 423 g/mol. The quantitative estimate of drug-likeness (QED) is 0.365. The van der Waals surface area contributed by atoms with Gasteiger partial charge in [0.1, 0.15) is 15.8 Å². The Morgan fingerprint density at radius 3 is 2.72 bits per heavy atom. The summed E-state index contributed by atoms with van der Waals surface area (Å²) < 4.78 is 7.34. The number of carbonyl (C=O) groups is 1. The van der Waals surface area contributed by atoms with Gasteiger partial charge in [0, 0.05) is 17.3 Å². The molecule has 4 rings (SSSR count). The Morgan fingerprint density at radius 1 is 1.28 bits per heavy atom. The van der Waals surface area contributed by atoms with Crippen molar-refractivity contribution in [3.8, 4) is 22.7 Å². The molecule has 0 atom stereocenters. The number of aromatic nitrogens is 2. The maximum atomic E-state index is 12.1. The SMILES string of the molecule is COc1ccc(-c2nn(-c3ccccc3)cc2/C=C2\SC(=S)NC2=O)cc1N[O-]. The minimum Gasteiger partial charge on any atom is -0.761 e. The molecule has 29 heavy (non-hydrogen) atoms. The number of rotatable bonds is 5. The molecule has 0 radical (unpaired) electrons. The van der Waals surface area contributed by atoms with Crippen molar-refractivity contribution in [2.45, 2.75) is 0 Å². The molecule has 2 aromatic carbocycles. The molecule has 0 spiro atoms. The highest BCUT2D eigenvalue weighted by molar-refractivity contribution is 8.26. The predicted octanol–water partition coefficient (Wildman–Crippen LogP) is 3.95. The van der Waals surface area contributed by atoms with Gasteiger partial charge in [-0.2, -0.15) is 5.10 Å². The van der Waals surface area contributed by atoms with E-state index in [2.05, 4.69) is 5.32 Å². The van der Waals surface area contributed by atoms with Crippen molar-refractivity contribution in [2.24, 2.45) is 0 Å². The largest absolute Gasteiger partial charge is 0.761 e. The number of nitrogens with one attached hydrogen (secondary N) is 2. The summed E-state index contributed by atoms with van der Waals surface area (Å²) in [5, 5.41) is 18.6. The van der Waals surface area contributed by atoms with Gasteiger partial charge in [-0.3, -0.25) is 4.79 Å². The molecule has 3 aromatic rings. The van der Waals surface area contributed by atoms with E-state index in [4.69, 9.17) is 22.1 Å². The van der Waals surface area contributed by atoms with Gasteiger partial charge in [0.05, 0.1) is 23.4 Å². The van der Waals surface area contributed by atoms with Crippen LogP contribution in [0.4, 0.5) is 5.69 Å². The summed E-state index contributed by atoms with van der Waals surface area (Å²) in [6.45, 7) is 0. The summed E-state index contributed by atoms with van der Waals surface area (Å²) in [7, 11) is 1.49. The molecule has 0 unspecified atom stereocenters. The van der Waals surface area contributed by atoms with Gasteiger partial charge in [0.25, 0.3) is 5.91 Å².